The van der Waals surface area contributed by atoms with Gasteiger partial charge in [0.25, 0.3) is 0 Å². The molecule has 0 unspecified atom stereocenters. The second-order valence-corrected chi connectivity index (χ2v) is 2.97. The number of amides is 1. The maximum atomic E-state index is 11.9. The van der Waals surface area contributed by atoms with E-state index in [-0.39, 0.29) is 11.1 Å². The molecule has 81 valence electrons. The van der Waals surface area contributed by atoms with Crippen LogP contribution in [0.1, 0.15) is 22.3 Å². The predicted octanol–water partition coefficient (Wildman–Crippen LogP) is 2.29. The van der Waals surface area contributed by atoms with Crippen molar-refractivity contribution in [1.29, 1.82) is 0 Å². The Hall–Kier alpha value is -1.52. The van der Waals surface area contributed by atoms with Gasteiger partial charge in [0.05, 0.1) is 6.42 Å². The highest BCUT2D eigenvalue weighted by Gasteiger charge is 2.27. The molecule has 0 aromatic heterocycles. The molecule has 0 spiro atoms. The molecule has 0 saturated heterocycles. The van der Waals surface area contributed by atoms with Gasteiger partial charge >= 0.3 is 6.18 Å². The van der Waals surface area contributed by atoms with Gasteiger partial charge in [0.1, 0.15) is 0 Å². The summed E-state index contributed by atoms with van der Waals surface area (Å²) in [5, 5.41) is 0. The molecule has 0 aliphatic carbocycles. The van der Waals surface area contributed by atoms with E-state index in [9.17, 15) is 18.0 Å². The first-order chi connectivity index (χ1) is 6.90. The van der Waals surface area contributed by atoms with Gasteiger partial charge < -0.3 is 5.73 Å². The molecular formula is C10H9F3NO. The summed E-state index contributed by atoms with van der Waals surface area (Å²) in [6.45, 7) is 0. The van der Waals surface area contributed by atoms with Crippen LogP contribution in [0.5, 0.6) is 0 Å². The molecule has 1 aromatic carbocycles. The van der Waals surface area contributed by atoms with Gasteiger partial charge in [0.2, 0.25) is 5.91 Å². The molecule has 5 heteroatoms. The second-order valence-electron chi connectivity index (χ2n) is 2.97. The lowest BCUT2D eigenvalue weighted by Gasteiger charge is -2.08. The van der Waals surface area contributed by atoms with Crippen LogP contribution in [-0.2, 0) is 0 Å². The van der Waals surface area contributed by atoms with Crippen LogP contribution < -0.4 is 5.73 Å². The summed E-state index contributed by atoms with van der Waals surface area (Å²) in [7, 11) is 0. The van der Waals surface area contributed by atoms with Crippen molar-refractivity contribution in [3.63, 3.8) is 0 Å². The van der Waals surface area contributed by atoms with Crippen LogP contribution in [0.2, 0.25) is 0 Å². The number of carbonyl (C=O) groups excluding carboxylic acids is 1. The van der Waals surface area contributed by atoms with Crippen LogP contribution >= 0.6 is 0 Å². The van der Waals surface area contributed by atoms with Crippen LogP contribution in [0.25, 0.3) is 0 Å². The SMILES string of the molecule is NC(=O)c1ccccc1[CH]CC(F)(F)F. The highest BCUT2D eigenvalue weighted by atomic mass is 19.4. The van der Waals surface area contributed by atoms with E-state index >= 15 is 0 Å². The van der Waals surface area contributed by atoms with Crippen LogP contribution in [-0.4, -0.2) is 12.1 Å². The summed E-state index contributed by atoms with van der Waals surface area (Å²) >= 11 is 0. The summed E-state index contributed by atoms with van der Waals surface area (Å²) in [4.78, 5) is 10.9. The van der Waals surface area contributed by atoms with Crippen LogP contribution in [0, 0.1) is 6.42 Å². The molecule has 2 N–H and O–H groups in total. The topological polar surface area (TPSA) is 43.1 Å². The molecule has 1 rings (SSSR count). The highest BCUT2D eigenvalue weighted by molar-refractivity contribution is 5.94. The fourth-order valence-corrected chi connectivity index (χ4v) is 1.13. The number of carbonyl (C=O) groups is 1. The van der Waals surface area contributed by atoms with Crippen molar-refractivity contribution in [2.45, 2.75) is 12.6 Å². The minimum Gasteiger partial charge on any atom is -0.366 e. The van der Waals surface area contributed by atoms with Crippen LogP contribution in [0.15, 0.2) is 24.3 Å². The molecule has 0 aliphatic rings. The van der Waals surface area contributed by atoms with Gasteiger partial charge in [-0.1, -0.05) is 18.2 Å². The summed E-state index contributed by atoms with van der Waals surface area (Å²) < 4.78 is 35.8. The molecule has 0 fully saturated rings. The number of hydrogen-bond donors (Lipinski definition) is 1. The minimum absolute atomic E-state index is 0.0988. The van der Waals surface area contributed by atoms with Gasteiger partial charge in [0, 0.05) is 12.0 Å². The third-order valence-corrected chi connectivity index (χ3v) is 1.78. The van der Waals surface area contributed by atoms with E-state index in [0.717, 1.165) is 6.42 Å². The van der Waals surface area contributed by atoms with Crippen molar-refractivity contribution in [3.05, 3.63) is 41.8 Å². The number of alkyl halides is 3. The van der Waals surface area contributed by atoms with Crippen molar-refractivity contribution in [3.8, 4) is 0 Å². The third kappa shape index (κ3) is 3.61. The van der Waals surface area contributed by atoms with Crippen molar-refractivity contribution in [2.75, 3.05) is 0 Å². The number of primary amides is 1. The Bertz CT molecular complexity index is 360. The van der Waals surface area contributed by atoms with Gasteiger partial charge in [0.15, 0.2) is 0 Å². The Morgan fingerprint density at radius 2 is 1.93 bits per heavy atom. The highest BCUT2D eigenvalue weighted by Crippen LogP contribution is 2.24. The molecule has 1 radical (unpaired) electrons. The zero-order valence-corrected chi connectivity index (χ0v) is 7.71. The van der Waals surface area contributed by atoms with Crippen molar-refractivity contribution < 1.29 is 18.0 Å². The summed E-state index contributed by atoms with van der Waals surface area (Å²) in [6.07, 6.45) is -4.40. The summed E-state index contributed by atoms with van der Waals surface area (Å²) in [5.74, 6) is -0.732. The standard InChI is InChI=1S/C10H9F3NO/c11-10(12,13)6-5-7-3-1-2-4-8(7)9(14)15/h1-5H,6H2,(H2,14,15). The molecule has 0 bridgehead atoms. The predicted molar refractivity (Wildman–Crippen MR) is 49.0 cm³/mol. The fraction of sp³-hybridized carbons (Fsp3) is 0.200. The maximum Gasteiger partial charge on any atom is 0.389 e. The Balaban J connectivity index is 2.81. The molecule has 1 amide bonds. The van der Waals surface area contributed by atoms with E-state index in [1.54, 1.807) is 12.1 Å². The number of hydrogen-bond acceptors (Lipinski definition) is 1. The molecule has 15 heavy (non-hydrogen) atoms. The summed E-state index contributed by atoms with van der Waals surface area (Å²) in [6, 6.07) is 5.91. The average Bonchev–Trinajstić information content (AvgIpc) is 2.14. The van der Waals surface area contributed by atoms with Gasteiger partial charge in [-0.15, -0.1) is 0 Å². The Morgan fingerprint density at radius 1 is 1.33 bits per heavy atom. The van der Waals surface area contributed by atoms with E-state index in [2.05, 4.69) is 0 Å². The van der Waals surface area contributed by atoms with Gasteiger partial charge in [-0.25, -0.2) is 0 Å². The van der Waals surface area contributed by atoms with Gasteiger partial charge in [-0.2, -0.15) is 13.2 Å². The van der Waals surface area contributed by atoms with Crippen molar-refractivity contribution >= 4 is 5.91 Å². The lowest BCUT2D eigenvalue weighted by molar-refractivity contribution is -0.127. The zero-order valence-electron chi connectivity index (χ0n) is 7.71. The lowest BCUT2D eigenvalue weighted by Crippen LogP contribution is -2.14. The maximum absolute atomic E-state index is 11.9. The normalized spacial score (nSPS) is 11.4. The van der Waals surface area contributed by atoms with Crippen molar-refractivity contribution in [1.82, 2.24) is 0 Å². The number of benzene rings is 1. The number of halogens is 3. The minimum atomic E-state index is -4.27. The van der Waals surface area contributed by atoms with Gasteiger partial charge in [-0.05, 0) is 11.6 Å². The quantitative estimate of drug-likeness (QED) is 0.827. The van der Waals surface area contributed by atoms with Gasteiger partial charge in [-0.3, -0.25) is 4.79 Å². The monoisotopic (exact) mass is 216 g/mol. The fourth-order valence-electron chi connectivity index (χ4n) is 1.13. The molecule has 0 saturated carbocycles. The first-order valence-electron chi connectivity index (χ1n) is 4.19. The summed E-state index contributed by atoms with van der Waals surface area (Å²) in [5.41, 5.74) is 5.32. The van der Waals surface area contributed by atoms with Crippen LogP contribution in [0.4, 0.5) is 13.2 Å². The molecule has 0 aliphatic heterocycles. The first kappa shape index (κ1) is 11.6. The Kier molecular flexibility index (Phi) is 3.34. The van der Waals surface area contributed by atoms with E-state index in [4.69, 9.17) is 5.73 Å². The van der Waals surface area contributed by atoms with E-state index in [0.29, 0.717) is 0 Å². The lowest BCUT2D eigenvalue weighted by atomic mass is 10.0. The molecule has 1 aromatic rings. The Morgan fingerprint density at radius 3 is 2.47 bits per heavy atom. The van der Waals surface area contributed by atoms with Crippen LogP contribution in [0.3, 0.4) is 0 Å². The molecule has 0 heterocycles. The average molecular weight is 216 g/mol. The number of nitrogens with two attached hydrogens (primary N) is 1. The zero-order chi connectivity index (χ0) is 11.5. The first-order valence-corrected chi connectivity index (χ1v) is 4.19. The molecular weight excluding hydrogens is 207 g/mol. The largest absolute Gasteiger partial charge is 0.389 e. The van der Waals surface area contributed by atoms with Crippen molar-refractivity contribution in [2.24, 2.45) is 5.73 Å². The Labute approximate surface area is 84.9 Å². The number of rotatable bonds is 3. The smallest absolute Gasteiger partial charge is 0.366 e. The van der Waals surface area contributed by atoms with E-state index in [1.165, 1.54) is 12.1 Å². The van der Waals surface area contributed by atoms with E-state index < -0.39 is 18.5 Å². The molecule has 0 atom stereocenters. The molecule has 2 nitrogen and oxygen atoms in total. The third-order valence-electron chi connectivity index (χ3n) is 1.78. The van der Waals surface area contributed by atoms with E-state index in [1.807, 2.05) is 0 Å². The second kappa shape index (κ2) is 4.33.